The lowest BCUT2D eigenvalue weighted by atomic mass is 9.89. The molecule has 0 aromatic heterocycles. The summed E-state index contributed by atoms with van der Waals surface area (Å²) < 4.78 is 78.2. The highest BCUT2D eigenvalue weighted by Gasteiger charge is 2.31. The van der Waals surface area contributed by atoms with Crippen LogP contribution in [0.2, 0.25) is 0 Å². The van der Waals surface area contributed by atoms with Crippen LogP contribution >= 0.6 is 0 Å². The largest absolute Gasteiger partial charge is 0.744 e. The second-order valence-electron chi connectivity index (χ2n) is 23.0. The van der Waals surface area contributed by atoms with E-state index in [1.807, 2.05) is 161 Å². The quantitative estimate of drug-likeness (QED) is 0.0616. The molecule has 8 rings (SSSR count). The van der Waals surface area contributed by atoms with E-state index < -0.39 is 31.4 Å². The van der Waals surface area contributed by atoms with Crippen molar-refractivity contribution in [2.24, 2.45) is 0 Å². The van der Waals surface area contributed by atoms with Gasteiger partial charge in [0.1, 0.15) is 31.4 Å². The Balaban J connectivity index is 0.000000211. The summed E-state index contributed by atoms with van der Waals surface area (Å²) in [5.41, 5.74) is 4.54. The van der Waals surface area contributed by atoms with Crippen LogP contribution in [0.3, 0.4) is 0 Å². The summed E-state index contributed by atoms with van der Waals surface area (Å²) in [7, 11) is -9.19. The van der Waals surface area contributed by atoms with Crippen molar-refractivity contribution < 1.29 is 45.0 Å². The van der Waals surface area contributed by atoms with Gasteiger partial charge < -0.3 is 18.6 Å². The Morgan fingerprint density at radius 1 is 0.393 bits per heavy atom. The van der Waals surface area contributed by atoms with Gasteiger partial charge in [-0.1, -0.05) is 144 Å². The first-order chi connectivity index (χ1) is 39.2. The van der Waals surface area contributed by atoms with Gasteiger partial charge in [0.15, 0.2) is 29.4 Å². The molecule has 0 unspecified atom stereocenters. The van der Waals surface area contributed by atoms with E-state index in [2.05, 4.69) is 111 Å². The van der Waals surface area contributed by atoms with Crippen LogP contribution in [0.15, 0.2) is 233 Å². The van der Waals surface area contributed by atoms with E-state index in [4.69, 9.17) is 9.47 Å². The van der Waals surface area contributed by atoms with E-state index in [1.165, 1.54) is 29.4 Å². The molecule has 0 saturated carbocycles. The number of ether oxygens (including phenoxy) is 2. The number of aryl methyl sites for hydroxylation is 3. The summed E-state index contributed by atoms with van der Waals surface area (Å²) in [5, 5.41) is 0. The molecule has 0 atom stereocenters. The maximum Gasteiger partial charge on any atom is 0.338 e. The molecule has 0 N–H and O–H groups in total. The Bertz CT molecular complexity index is 3370. The van der Waals surface area contributed by atoms with Gasteiger partial charge in [-0.05, 0) is 205 Å². The molecular weight excluding hydrogens is 1130 g/mol. The second kappa shape index (κ2) is 29.8. The highest BCUT2D eigenvalue weighted by atomic mass is 32.2. The molecule has 14 heteroatoms. The normalized spacial score (nSPS) is 11.7. The Hall–Kier alpha value is -6.78. The molecule has 444 valence electrons. The summed E-state index contributed by atoms with van der Waals surface area (Å²) in [6, 6.07) is 64.5. The fourth-order valence-electron chi connectivity index (χ4n) is 8.91. The van der Waals surface area contributed by atoms with E-state index >= 15 is 0 Å². The van der Waals surface area contributed by atoms with Gasteiger partial charge in [-0.25, -0.2) is 26.4 Å². The zero-order chi connectivity index (χ0) is 62.3. The Morgan fingerprint density at radius 2 is 0.655 bits per heavy atom. The van der Waals surface area contributed by atoms with Crippen LogP contribution in [0.4, 0.5) is 0 Å². The summed E-state index contributed by atoms with van der Waals surface area (Å²) >= 11 is 0. The summed E-state index contributed by atoms with van der Waals surface area (Å²) in [5.74, 6) is -0.255. The maximum atomic E-state index is 12.3. The summed E-state index contributed by atoms with van der Waals surface area (Å²) in [6.07, 6.45) is 0. The van der Waals surface area contributed by atoms with Gasteiger partial charge in [0.05, 0.1) is 42.7 Å². The molecule has 0 amide bonds. The zero-order valence-electron chi connectivity index (χ0n) is 50.9. The van der Waals surface area contributed by atoms with E-state index in [9.17, 15) is 35.5 Å². The van der Waals surface area contributed by atoms with Crippen molar-refractivity contribution in [1.82, 2.24) is 0 Å². The third-order valence-electron chi connectivity index (χ3n) is 12.5. The predicted molar refractivity (Wildman–Crippen MR) is 339 cm³/mol. The molecule has 0 bridgehead atoms. The molecule has 8 aromatic rings. The lowest BCUT2D eigenvalue weighted by Gasteiger charge is -2.24. The molecular formula is C70H80O10S4. The minimum atomic E-state index is -4.45. The van der Waals surface area contributed by atoms with Gasteiger partial charge in [0.2, 0.25) is 0 Å². The van der Waals surface area contributed by atoms with Crippen LogP contribution in [-0.4, -0.2) is 49.1 Å². The third kappa shape index (κ3) is 20.2. The zero-order valence-corrected chi connectivity index (χ0v) is 54.2. The fraction of sp³-hybridized carbons (Fsp3) is 0.286. The molecule has 84 heavy (non-hydrogen) atoms. The van der Waals surface area contributed by atoms with Crippen molar-refractivity contribution in [2.75, 3.05) is 0 Å². The van der Waals surface area contributed by atoms with Gasteiger partial charge in [-0.2, -0.15) is 0 Å². The third-order valence-corrected chi connectivity index (χ3v) is 19.1. The minimum Gasteiger partial charge on any atom is -0.744 e. The lowest BCUT2D eigenvalue weighted by Crippen LogP contribution is -2.23. The minimum absolute atomic E-state index is 0.00919. The van der Waals surface area contributed by atoms with Crippen molar-refractivity contribution in [3.63, 3.8) is 0 Å². The fourth-order valence-corrected chi connectivity index (χ4v) is 15.2. The number of hydrogen-bond acceptors (Lipinski definition) is 10. The second-order valence-corrected chi connectivity index (χ2v) is 29.7. The van der Waals surface area contributed by atoms with Gasteiger partial charge in [0, 0.05) is 0 Å². The van der Waals surface area contributed by atoms with E-state index in [0.29, 0.717) is 39.3 Å². The Morgan fingerprint density at radius 3 is 0.881 bits per heavy atom. The standard InChI is InChI=1S/2C23H23O2S.C15H24O3S.C9H12O3S/c2*1-23(2,3)25-22(24)18-14-16-21(17-15-18)26(19-10-6-4-7-11-19)20-12-8-5-9-13-20;1-9(2)12-7-13(10(3)4)15(19(16,17)18)14(8-12)11(5)6;1-6-4-7(2)9(8(3)5-6)13(10,11)12/h2*4-17H,1-3H3;7-11H,1-6H3,(H,16,17,18);4-5H,1-3H3,(H,10,11,12)/q2*+1;;/p-2. The van der Waals surface area contributed by atoms with Crippen molar-refractivity contribution in [3.8, 4) is 0 Å². The molecule has 0 aliphatic heterocycles. The molecule has 0 heterocycles. The molecule has 0 spiro atoms. The number of carbonyl (C=O) groups is 2. The number of rotatable bonds is 13. The van der Waals surface area contributed by atoms with Gasteiger partial charge in [-0.3, -0.25) is 0 Å². The first-order valence-corrected chi connectivity index (χ1v) is 33.0. The summed E-state index contributed by atoms with van der Waals surface area (Å²) in [6.45, 7) is 28.2. The molecule has 10 nitrogen and oxygen atoms in total. The van der Waals surface area contributed by atoms with Gasteiger partial charge in [0.25, 0.3) is 0 Å². The predicted octanol–water partition coefficient (Wildman–Crippen LogP) is 17.0. The molecule has 0 fully saturated rings. The monoisotopic (exact) mass is 1210 g/mol. The Kier molecular flexibility index (Phi) is 24.2. The average Bonchev–Trinajstić information content (AvgIpc) is 3.46. The molecule has 8 aromatic carbocycles. The van der Waals surface area contributed by atoms with Crippen molar-refractivity contribution in [2.45, 2.75) is 172 Å². The SMILES string of the molecule is CC(C)(C)OC(=O)c1ccc([S+](c2ccccc2)c2ccccc2)cc1.CC(C)(C)OC(=O)c1ccc([S+](c2ccccc2)c2ccccc2)cc1.CC(C)c1cc(C(C)C)c(S(=O)(=O)[O-])c(C(C)C)c1.Cc1cc(C)c(S(=O)(=O)[O-])c(C)c1. The van der Waals surface area contributed by atoms with E-state index in [-0.39, 0.29) is 55.4 Å². The van der Waals surface area contributed by atoms with Gasteiger partial charge >= 0.3 is 11.9 Å². The average molecular weight is 1210 g/mol. The van der Waals surface area contributed by atoms with Crippen LogP contribution < -0.4 is 0 Å². The first kappa shape index (κ1) is 68.0. The van der Waals surface area contributed by atoms with Crippen LogP contribution in [0.1, 0.15) is 155 Å². The maximum absolute atomic E-state index is 12.3. The molecule has 0 saturated heterocycles. The molecule has 0 aliphatic rings. The van der Waals surface area contributed by atoms with Crippen molar-refractivity contribution in [1.29, 1.82) is 0 Å². The van der Waals surface area contributed by atoms with E-state index in [1.54, 1.807) is 26.0 Å². The highest BCUT2D eigenvalue weighted by Crippen LogP contribution is 2.36. The van der Waals surface area contributed by atoms with Crippen molar-refractivity contribution in [3.05, 3.63) is 239 Å². The van der Waals surface area contributed by atoms with Crippen LogP contribution in [-0.2, 0) is 51.5 Å². The first-order valence-electron chi connectivity index (χ1n) is 27.8. The number of carbonyl (C=O) groups excluding carboxylic acids is 2. The molecule has 0 radical (unpaired) electrons. The number of benzene rings is 8. The van der Waals surface area contributed by atoms with Gasteiger partial charge in [-0.15, -0.1) is 0 Å². The Labute approximate surface area is 506 Å². The lowest BCUT2D eigenvalue weighted by molar-refractivity contribution is 0.00569. The number of hydrogen-bond donors (Lipinski definition) is 0. The summed E-state index contributed by atoms with van der Waals surface area (Å²) in [4.78, 5) is 31.8. The van der Waals surface area contributed by atoms with E-state index in [0.717, 1.165) is 11.1 Å². The van der Waals surface area contributed by atoms with Crippen LogP contribution in [0.25, 0.3) is 0 Å². The molecule has 0 aliphatic carbocycles. The van der Waals surface area contributed by atoms with Crippen molar-refractivity contribution >= 4 is 54.0 Å². The topological polar surface area (TPSA) is 167 Å². The smallest absolute Gasteiger partial charge is 0.338 e. The number of esters is 2. The van der Waals surface area contributed by atoms with Crippen LogP contribution in [0.5, 0.6) is 0 Å². The highest BCUT2D eigenvalue weighted by molar-refractivity contribution is 7.97. The van der Waals surface area contributed by atoms with Crippen LogP contribution in [0, 0.1) is 20.8 Å².